The van der Waals surface area contributed by atoms with Crippen LogP contribution in [0, 0.1) is 0 Å². The van der Waals surface area contributed by atoms with E-state index in [4.69, 9.17) is 24.5 Å². The lowest BCUT2D eigenvalue weighted by Gasteiger charge is -2.17. The number of aliphatic carboxylic acids is 2. The number of ether oxygens (including phenoxy) is 1. The number of likely N-dealkylation sites (N-methyl/N-ethyl adjacent to an activating group) is 1. The largest absolute Gasteiger partial charge is 0.492 e. The van der Waals surface area contributed by atoms with Crippen LogP contribution in [0.5, 0.6) is 5.75 Å². The minimum Gasteiger partial charge on any atom is -0.492 e. The van der Waals surface area contributed by atoms with Gasteiger partial charge in [-0.05, 0) is 55.4 Å². The highest BCUT2D eigenvalue weighted by molar-refractivity contribution is 7.92. The Morgan fingerprint density at radius 1 is 0.806 bits per heavy atom. The number of sulfonamides is 2. The van der Waals surface area contributed by atoms with E-state index >= 15 is 0 Å². The highest BCUT2D eigenvalue weighted by Gasteiger charge is 2.05. The molecule has 2 aromatic rings. The van der Waals surface area contributed by atoms with Crippen LogP contribution in [0.3, 0.4) is 0 Å². The first-order valence-corrected chi connectivity index (χ1v) is 13.8. The van der Waals surface area contributed by atoms with Gasteiger partial charge in [-0.3, -0.25) is 9.44 Å². The molecule has 0 aliphatic carbocycles. The molecule has 0 heterocycles. The van der Waals surface area contributed by atoms with Crippen LogP contribution in [0.4, 0.5) is 11.4 Å². The van der Waals surface area contributed by atoms with Crippen LogP contribution < -0.4 is 14.2 Å². The normalized spacial score (nSPS) is 10.9. The van der Waals surface area contributed by atoms with Crippen LogP contribution >= 0.6 is 0 Å². The predicted molar refractivity (Wildman–Crippen MR) is 135 cm³/mol. The van der Waals surface area contributed by atoms with Gasteiger partial charge in [-0.25, -0.2) is 26.4 Å². The number of carboxylic acid groups (broad SMARTS) is 2. The van der Waals surface area contributed by atoms with Crippen molar-refractivity contribution in [3.63, 3.8) is 0 Å². The monoisotopic (exact) mass is 549 g/mol. The quantitative estimate of drug-likeness (QED) is 0.282. The molecule has 0 bridgehead atoms. The zero-order valence-corrected chi connectivity index (χ0v) is 21.6. The van der Waals surface area contributed by atoms with E-state index in [0.717, 1.165) is 37.6 Å². The lowest BCUT2D eigenvalue weighted by molar-refractivity contribution is -0.159. The van der Waals surface area contributed by atoms with Gasteiger partial charge >= 0.3 is 11.9 Å². The maximum Gasteiger partial charge on any atom is 0.414 e. The van der Waals surface area contributed by atoms with Crippen LogP contribution in [-0.2, 0) is 36.1 Å². The summed E-state index contributed by atoms with van der Waals surface area (Å²) in [5, 5.41) is 14.8. The fraction of sp³-hybridized carbons (Fsp3) is 0.333. The molecule has 0 aromatic heterocycles. The molecule has 0 atom stereocenters. The molecule has 2 aromatic carbocycles. The van der Waals surface area contributed by atoms with E-state index in [1.807, 2.05) is 19.2 Å². The molecule has 2 rings (SSSR count). The van der Waals surface area contributed by atoms with Crippen molar-refractivity contribution in [2.24, 2.45) is 0 Å². The molecule has 36 heavy (non-hydrogen) atoms. The summed E-state index contributed by atoms with van der Waals surface area (Å²) >= 11 is 0. The highest BCUT2D eigenvalue weighted by Crippen LogP contribution is 2.16. The Balaban J connectivity index is 0.00000156. The molecule has 0 saturated heterocycles. The summed E-state index contributed by atoms with van der Waals surface area (Å²) in [6.45, 7) is 2.07. The Hall–Kier alpha value is -3.40. The first kappa shape index (κ1) is 32.6. The van der Waals surface area contributed by atoms with Crippen molar-refractivity contribution in [3.8, 4) is 5.75 Å². The molecule has 13 nitrogen and oxygen atoms in total. The summed E-state index contributed by atoms with van der Waals surface area (Å²) < 4.78 is 55.4. The van der Waals surface area contributed by atoms with Crippen molar-refractivity contribution in [2.45, 2.75) is 6.42 Å². The molecule has 0 aliphatic rings. The zero-order valence-electron chi connectivity index (χ0n) is 20.0. The second-order valence-corrected chi connectivity index (χ2v) is 11.0. The van der Waals surface area contributed by atoms with Gasteiger partial charge in [0.2, 0.25) is 20.0 Å². The Morgan fingerprint density at radius 3 is 1.61 bits per heavy atom. The predicted octanol–water partition coefficient (Wildman–Crippen LogP) is 0.314. The van der Waals surface area contributed by atoms with Gasteiger partial charge in [0.05, 0.1) is 12.5 Å². The molecule has 0 aliphatic heterocycles. The number of carboxylic acids is 2. The summed E-state index contributed by atoms with van der Waals surface area (Å²) in [5.41, 5.74) is 2.16. The summed E-state index contributed by atoms with van der Waals surface area (Å²) in [7, 11) is -4.55. The molecule has 0 spiro atoms. The fourth-order valence-corrected chi connectivity index (χ4v) is 3.67. The molecule has 6 N–H and O–H groups in total. The first-order chi connectivity index (χ1) is 16.1. The summed E-state index contributed by atoms with van der Waals surface area (Å²) in [5.74, 6) is -2.98. The van der Waals surface area contributed by atoms with E-state index in [1.165, 1.54) is 0 Å². The number of hydrogen-bond acceptors (Lipinski definition) is 8. The second kappa shape index (κ2) is 14.9. The number of benzene rings is 2. The Bertz CT molecular complexity index is 1170. The van der Waals surface area contributed by atoms with Gasteiger partial charge in [-0.2, -0.15) is 0 Å². The van der Waals surface area contributed by atoms with E-state index < -0.39 is 32.0 Å². The van der Waals surface area contributed by atoms with E-state index in [0.29, 0.717) is 23.7 Å². The van der Waals surface area contributed by atoms with Crippen LogP contribution in [0.25, 0.3) is 0 Å². The van der Waals surface area contributed by atoms with E-state index in [2.05, 4.69) is 14.3 Å². The van der Waals surface area contributed by atoms with Crippen LogP contribution in [0.1, 0.15) is 5.56 Å². The van der Waals surface area contributed by atoms with Gasteiger partial charge in [0.25, 0.3) is 0 Å². The van der Waals surface area contributed by atoms with Gasteiger partial charge in [-0.15, -0.1) is 0 Å². The van der Waals surface area contributed by atoms with E-state index in [-0.39, 0.29) is 5.48 Å². The van der Waals surface area contributed by atoms with Gasteiger partial charge < -0.3 is 25.3 Å². The lowest BCUT2D eigenvalue weighted by Crippen LogP contribution is -2.26. The zero-order chi connectivity index (χ0) is 26.6. The van der Waals surface area contributed by atoms with Crippen molar-refractivity contribution < 1.29 is 46.9 Å². The van der Waals surface area contributed by atoms with Crippen molar-refractivity contribution in [1.29, 1.82) is 0 Å². The summed E-state index contributed by atoms with van der Waals surface area (Å²) in [6, 6.07) is 14.1. The molecule has 0 amide bonds. The Morgan fingerprint density at radius 2 is 1.22 bits per heavy atom. The standard InChI is InChI=1S/C19H27N3O5S2.C2H2O4.H2O/c1-22(13-12-16-4-6-17(7-5-16)20-28(2,23)24)14-15-27-19-10-8-18(9-11-19)21-29(3,25)26;3-1(4)2(5)6;/h4-11,20-21H,12-15H2,1-3H3;(H,3,4)(H,5,6);1H2. The molecule has 0 unspecified atom stereocenters. The third-order valence-corrected chi connectivity index (χ3v) is 5.33. The van der Waals surface area contributed by atoms with Gasteiger partial charge in [0.15, 0.2) is 0 Å². The molecule has 202 valence electrons. The summed E-state index contributed by atoms with van der Waals surface area (Å²) in [6.07, 6.45) is 3.06. The number of nitrogens with zero attached hydrogens (tertiary/aromatic N) is 1. The average Bonchev–Trinajstić information content (AvgIpc) is 2.73. The van der Waals surface area contributed by atoms with Crippen molar-refractivity contribution >= 4 is 43.4 Å². The highest BCUT2D eigenvalue weighted by atomic mass is 32.2. The van der Waals surface area contributed by atoms with Crippen molar-refractivity contribution in [2.75, 3.05) is 48.7 Å². The minimum absolute atomic E-state index is 0. The van der Waals surface area contributed by atoms with E-state index in [1.54, 1.807) is 36.4 Å². The van der Waals surface area contributed by atoms with Gasteiger partial charge in [0.1, 0.15) is 12.4 Å². The molecule has 0 saturated carbocycles. The fourth-order valence-electron chi connectivity index (χ4n) is 2.54. The average molecular weight is 550 g/mol. The third kappa shape index (κ3) is 15.5. The number of nitrogens with one attached hydrogen (secondary N) is 2. The van der Waals surface area contributed by atoms with Crippen molar-refractivity contribution in [1.82, 2.24) is 4.90 Å². The number of carbonyl (C=O) groups is 2. The second-order valence-electron chi connectivity index (χ2n) is 7.48. The SMILES string of the molecule is CN(CCOc1ccc(NS(C)(=O)=O)cc1)CCc1ccc(NS(C)(=O)=O)cc1.O.O=C(O)C(=O)O. The first-order valence-electron chi connectivity index (χ1n) is 10.1. The number of anilines is 2. The molecule has 0 radical (unpaired) electrons. The van der Waals surface area contributed by atoms with Gasteiger partial charge in [-0.1, -0.05) is 12.1 Å². The molecular formula is C21H31N3O10S2. The smallest absolute Gasteiger partial charge is 0.414 e. The van der Waals surface area contributed by atoms with Crippen LogP contribution in [-0.4, -0.2) is 88.6 Å². The Labute approximate surface area is 210 Å². The minimum atomic E-state index is -3.29. The lowest BCUT2D eigenvalue weighted by atomic mass is 10.1. The van der Waals surface area contributed by atoms with Crippen LogP contribution in [0.15, 0.2) is 48.5 Å². The topological polar surface area (TPSA) is 211 Å². The van der Waals surface area contributed by atoms with E-state index in [9.17, 15) is 16.8 Å². The third-order valence-electron chi connectivity index (χ3n) is 4.12. The van der Waals surface area contributed by atoms with Gasteiger partial charge in [0, 0.05) is 24.5 Å². The molecule has 0 fully saturated rings. The maximum absolute atomic E-state index is 11.2. The summed E-state index contributed by atoms with van der Waals surface area (Å²) in [4.78, 5) is 20.3. The van der Waals surface area contributed by atoms with Crippen LogP contribution in [0.2, 0.25) is 0 Å². The number of hydrogen-bond donors (Lipinski definition) is 4. The van der Waals surface area contributed by atoms with Crippen molar-refractivity contribution in [3.05, 3.63) is 54.1 Å². The number of rotatable bonds is 11. The molecule has 15 heteroatoms. The maximum atomic E-state index is 11.2. The molecular weight excluding hydrogens is 518 g/mol. The Kier molecular flexibility index (Phi) is 13.5.